The van der Waals surface area contributed by atoms with Crippen molar-refractivity contribution in [3.63, 3.8) is 0 Å². The van der Waals surface area contributed by atoms with Crippen LogP contribution in [0.5, 0.6) is 0 Å². The third-order valence-corrected chi connectivity index (χ3v) is 10.3. The van der Waals surface area contributed by atoms with Gasteiger partial charge in [0.2, 0.25) is 0 Å². The molecule has 0 saturated heterocycles. The average Bonchev–Trinajstić information content (AvgIpc) is 2.84. The van der Waals surface area contributed by atoms with Crippen molar-refractivity contribution >= 4 is 36.2 Å². The van der Waals surface area contributed by atoms with Gasteiger partial charge < -0.3 is 0 Å². The van der Waals surface area contributed by atoms with E-state index in [1.165, 1.54) is 24.3 Å². The first-order valence-electron chi connectivity index (χ1n) is 12.0. The van der Waals surface area contributed by atoms with Gasteiger partial charge in [0.05, 0.1) is 23.0 Å². The van der Waals surface area contributed by atoms with Crippen LogP contribution >= 0.6 is 15.9 Å². The molecule has 3 rings (SSSR count). The second-order valence-electron chi connectivity index (χ2n) is 9.30. The smallest absolute Gasteiger partial charge is 0.266 e. The topological polar surface area (TPSA) is 86.7 Å². The summed E-state index contributed by atoms with van der Waals surface area (Å²) in [6.07, 6.45) is 0.721. The van der Waals surface area contributed by atoms with E-state index >= 15 is 0 Å². The highest BCUT2D eigenvalue weighted by Crippen LogP contribution is 2.36. The zero-order chi connectivity index (χ0) is 27.4. The molecule has 0 unspecified atom stereocenters. The molecule has 3 aromatic rings. The van der Waals surface area contributed by atoms with Gasteiger partial charge in [-0.1, -0.05) is 57.4 Å². The maximum absolute atomic E-state index is 12.7. The summed E-state index contributed by atoms with van der Waals surface area (Å²) in [5, 5.41) is 0. The fourth-order valence-corrected chi connectivity index (χ4v) is 6.56. The van der Waals surface area contributed by atoms with Crippen LogP contribution in [0.25, 0.3) is 0 Å². The standard InChI is InChI=1S/C28H33BrO6S2/c1-19-6-10-25(11-7-19)36(30,31)34-16-14-24(27-18-21(3)22(4)23(5)28(27)29)15-17-35-37(32,33)26-12-8-20(2)9-13-26/h6-13,18,24H,14-17H2,1-5H3. The van der Waals surface area contributed by atoms with Crippen molar-refractivity contribution in [1.82, 2.24) is 0 Å². The third kappa shape index (κ3) is 7.51. The van der Waals surface area contributed by atoms with Crippen molar-refractivity contribution in [3.05, 3.63) is 92.5 Å². The molecule has 3 aromatic carbocycles. The molecule has 0 amide bonds. The van der Waals surface area contributed by atoms with Gasteiger partial charge in [0.25, 0.3) is 20.2 Å². The summed E-state index contributed by atoms with van der Waals surface area (Å²) >= 11 is 3.70. The van der Waals surface area contributed by atoms with Crippen LogP contribution in [-0.2, 0) is 28.6 Å². The minimum atomic E-state index is -3.91. The zero-order valence-corrected chi connectivity index (χ0v) is 25.0. The predicted octanol–water partition coefficient (Wildman–Crippen LogP) is 6.67. The lowest BCUT2D eigenvalue weighted by molar-refractivity contribution is 0.268. The lowest BCUT2D eigenvalue weighted by Gasteiger charge is -2.22. The van der Waals surface area contributed by atoms with Crippen LogP contribution in [0.3, 0.4) is 0 Å². The van der Waals surface area contributed by atoms with Crippen molar-refractivity contribution in [2.45, 2.75) is 63.2 Å². The van der Waals surface area contributed by atoms with Crippen LogP contribution < -0.4 is 0 Å². The number of benzene rings is 3. The Morgan fingerprint density at radius 2 is 1.08 bits per heavy atom. The van der Waals surface area contributed by atoms with Gasteiger partial charge in [-0.3, -0.25) is 8.37 Å². The van der Waals surface area contributed by atoms with E-state index in [0.29, 0.717) is 12.8 Å². The lowest BCUT2D eigenvalue weighted by atomic mass is 9.89. The first-order valence-corrected chi connectivity index (χ1v) is 15.6. The van der Waals surface area contributed by atoms with E-state index in [4.69, 9.17) is 8.37 Å². The summed E-state index contributed by atoms with van der Waals surface area (Å²) in [7, 11) is -7.82. The average molecular weight is 610 g/mol. The van der Waals surface area contributed by atoms with Gasteiger partial charge in [-0.15, -0.1) is 0 Å². The molecule has 0 fully saturated rings. The number of halogens is 1. The maximum Gasteiger partial charge on any atom is 0.296 e. The molecule has 0 aromatic heterocycles. The molecule has 0 aliphatic carbocycles. The van der Waals surface area contributed by atoms with Crippen molar-refractivity contribution in [1.29, 1.82) is 0 Å². The monoisotopic (exact) mass is 608 g/mol. The van der Waals surface area contributed by atoms with Gasteiger partial charge in [0.1, 0.15) is 0 Å². The van der Waals surface area contributed by atoms with E-state index in [-0.39, 0.29) is 28.9 Å². The second-order valence-corrected chi connectivity index (χ2v) is 13.3. The fourth-order valence-electron chi connectivity index (χ4n) is 3.98. The highest BCUT2D eigenvalue weighted by atomic mass is 79.9. The molecule has 200 valence electrons. The van der Waals surface area contributed by atoms with Gasteiger partial charge in [0.15, 0.2) is 0 Å². The number of rotatable bonds is 11. The molecule has 0 aliphatic heterocycles. The molecule has 0 atom stereocenters. The second kappa shape index (κ2) is 12.2. The molecule has 0 radical (unpaired) electrons. The molecule has 0 heterocycles. The van der Waals surface area contributed by atoms with Gasteiger partial charge in [-0.05, 0) is 99.9 Å². The Labute approximate surface area is 229 Å². The van der Waals surface area contributed by atoms with Crippen LogP contribution in [0.2, 0.25) is 0 Å². The fraction of sp³-hybridized carbons (Fsp3) is 0.357. The predicted molar refractivity (Wildman–Crippen MR) is 149 cm³/mol. The van der Waals surface area contributed by atoms with Crippen LogP contribution in [0.1, 0.15) is 52.1 Å². The van der Waals surface area contributed by atoms with Crippen molar-refractivity contribution in [2.75, 3.05) is 13.2 Å². The number of hydrogen-bond donors (Lipinski definition) is 0. The molecule has 0 saturated carbocycles. The van der Waals surface area contributed by atoms with Crippen molar-refractivity contribution in [2.24, 2.45) is 0 Å². The molecule has 9 heteroatoms. The summed E-state index contributed by atoms with van der Waals surface area (Å²) < 4.78 is 62.3. The lowest BCUT2D eigenvalue weighted by Crippen LogP contribution is -2.14. The number of hydrogen-bond acceptors (Lipinski definition) is 6. The van der Waals surface area contributed by atoms with Crippen LogP contribution in [0.4, 0.5) is 0 Å². The van der Waals surface area contributed by atoms with E-state index in [0.717, 1.165) is 37.9 Å². The van der Waals surface area contributed by atoms with E-state index in [2.05, 4.69) is 22.0 Å². The molecule has 0 aliphatic rings. The Balaban J connectivity index is 1.77. The molecule has 0 spiro atoms. The zero-order valence-electron chi connectivity index (χ0n) is 21.7. The highest BCUT2D eigenvalue weighted by molar-refractivity contribution is 9.10. The Morgan fingerprint density at radius 1 is 0.676 bits per heavy atom. The summed E-state index contributed by atoms with van der Waals surface area (Å²) in [5.74, 6) is -0.200. The van der Waals surface area contributed by atoms with Crippen LogP contribution in [-0.4, -0.2) is 30.0 Å². The third-order valence-electron chi connectivity index (χ3n) is 6.58. The minimum absolute atomic E-state index is 0.0516. The maximum atomic E-state index is 12.7. The van der Waals surface area contributed by atoms with Gasteiger partial charge in [-0.2, -0.15) is 16.8 Å². The largest absolute Gasteiger partial charge is 0.296 e. The summed E-state index contributed by atoms with van der Waals surface area (Å²) in [4.78, 5) is 0.204. The quantitative estimate of drug-likeness (QED) is 0.226. The Kier molecular flexibility index (Phi) is 9.74. The molecule has 0 bridgehead atoms. The Hall–Kier alpha value is -2.04. The summed E-state index contributed by atoms with van der Waals surface area (Å²) in [5.41, 5.74) is 6.21. The molecular weight excluding hydrogens is 576 g/mol. The summed E-state index contributed by atoms with van der Waals surface area (Å²) in [6.45, 7) is 9.74. The molecule has 6 nitrogen and oxygen atoms in total. The Morgan fingerprint density at radius 3 is 1.49 bits per heavy atom. The van der Waals surface area contributed by atoms with Crippen LogP contribution in [0, 0.1) is 34.6 Å². The normalized spacial score (nSPS) is 12.3. The molecular formula is C28H33BrO6S2. The van der Waals surface area contributed by atoms with Crippen molar-refractivity contribution < 1.29 is 25.2 Å². The van der Waals surface area contributed by atoms with E-state index in [9.17, 15) is 16.8 Å². The van der Waals surface area contributed by atoms with Gasteiger partial charge in [0, 0.05) is 4.47 Å². The first kappa shape index (κ1) is 29.5. The molecule has 37 heavy (non-hydrogen) atoms. The Bertz CT molecular complexity index is 1360. The van der Waals surface area contributed by atoms with Crippen LogP contribution in [0.15, 0.2) is 68.9 Å². The summed E-state index contributed by atoms with van der Waals surface area (Å²) in [6, 6.07) is 15.0. The number of aryl methyl sites for hydroxylation is 3. The minimum Gasteiger partial charge on any atom is -0.266 e. The van der Waals surface area contributed by atoms with Crippen molar-refractivity contribution in [3.8, 4) is 0 Å². The first-order chi connectivity index (χ1) is 17.3. The van der Waals surface area contributed by atoms with Gasteiger partial charge in [-0.25, -0.2) is 0 Å². The van der Waals surface area contributed by atoms with E-state index < -0.39 is 20.2 Å². The highest BCUT2D eigenvalue weighted by Gasteiger charge is 2.22. The van der Waals surface area contributed by atoms with E-state index in [1.807, 2.05) is 34.6 Å². The molecule has 0 N–H and O–H groups in total. The SMILES string of the molecule is Cc1ccc(S(=O)(=O)OCCC(CCOS(=O)(=O)c2ccc(C)cc2)c2cc(C)c(C)c(C)c2Br)cc1. The van der Waals surface area contributed by atoms with Gasteiger partial charge >= 0.3 is 0 Å². The van der Waals surface area contributed by atoms with E-state index in [1.54, 1.807) is 24.3 Å².